The predicted molar refractivity (Wildman–Crippen MR) is 132 cm³/mol. The zero-order valence-electron chi connectivity index (χ0n) is 19.5. The Kier molecular flexibility index (Phi) is 7.84. The van der Waals surface area contributed by atoms with E-state index in [0.29, 0.717) is 41.2 Å². The molecule has 0 saturated carbocycles. The number of nitrogens with zero attached hydrogens (tertiary/aromatic N) is 2. The van der Waals surface area contributed by atoms with Crippen molar-refractivity contribution in [3.8, 4) is 5.88 Å². The first-order chi connectivity index (χ1) is 16.6. The fraction of sp³-hybridized carbons (Fsp3) is 0.269. The number of rotatable bonds is 10. The number of aryl methyl sites for hydroxylation is 1. The summed E-state index contributed by atoms with van der Waals surface area (Å²) in [6.07, 6.45) is 0. The molecular weight excluding hydrogens is 450 g/mol. The molecule has 0 aliphatic carbocycles. The van der Waals surface area contributed by atoms with Crippen LogP contribution in [0.25, 0.3) is 10.2 Å². The number of carbonyl (C=O) groups is 1. The first kappa shape index (κ1) is 23.8. The lowest BCUT2D eigenvalue weighted by Gasteiger charge is -2.08. The van der Waals surface area contributed by atoms with Gasteiger partial charge >= 0.3 is 0 Å². The monoisotopic (exact) mass is 477 g/mol. The van der Waals surface area contributed by atoms with Crippen molar-refractivity contribution in [1.29, 1.82) is 0 Å². The van der Waals surface area contributed by atoms with Gasteiger partial charge in [-0.3, -0.25) is 4.79 Å². The molecule has 0 unspecified atom stereocenters. The average Bonchev–Trinajstić information content (AvgIpc) is 3.19. The Bertz CT molecular complexity index is 1270. The van der Waals surface area contributed by atoms with Gasteiger partial charge in [0, 0.05) is 13.7 Å². The molecule has 4 aromatic rings. The minimum absolute atomic E-state index is 0.151. The molecule has 8 heteroatoms. The van der Waals surface area contributed by atoms with Gasteiger partial charge < -0.3 is 19.5 Å². The summed E-state index contributed by atoms with van der Waals surface area (Å²) in [6.45, 7) is 3.65. The Morgan fingerprint density at radius 3 is 2.44 bits per heavy atom. The molecule has 2 aromatic heterocycles. The molecule has 0 fully saturated rings. The van der Waals surface area contributed by atoms with E-state index in [2.05, 4.69) is 21.4 Å². The van der Waals surface area contributed by atoms with Crippen LogP contribution in [0.3, 0.4) is 0 Å². The summed E-state index contributed by atoms with van der Waals surface area (Å²) in [6, 6.07) is 18.1. The van der Waals surface area contributed by atoms with Crippen molar-refractivity contribution in [2.24, 2.45) is 0 Å². The molecule has 0 atom stereocenters. The smallest absolute Gasteiger partial charge is 0.261 e. The van der Waals surface area contributed by atoms with E-state index >= 15 is 0 Å². The molecule has 0 aliphatic heterocycles. The fourth-order valence-corrected chi connectivity index (χ4v) is 4.76. The van der Waals surface area contributed by atoms with E-state index in [9.17, 15) is 4.79 Å². The van der Waals surface area contributed by atoms with Crippen molar-refractivity contribution in [1.82, 2.24) is 15.3 Å². The van der Waals surface area contributed by atoms with Gasteiger partial charge in [0.25, 0.3) is 5.91 Å². The molecule has 7 nitrogen and oxygen atoms in total. The van der Waals surface area contributed by atoms with Crippen molar-refractivity contribution < 1.29 is 19.0 Å². The molecule has 1 N–H and O–H groups in total. The molecule has 0 spiro atoms. The van der Waals surface area contributed by atoms with Gasteiger partial charge in [-0.15, -0.1) is 11.3 Å². The van der Waals surface area contributed by atoms with E-state index < -0.39 is 0 Å². The molecular formula is C26H27N3O4S. The molecule has 176 valence electrons. The summed E-state index contributed by atoms with van der Waals surface area (Å²) in [5.74, 6) is 0.820. The standard InChI is InChI=1S/C26H27N3O4S/c1-17-22-25(32-3)28-21(16-31-2)29-26(22)34-23(17)24(30)27-13-19-10-7-11-20(12-19)15-33-14-18-8-5-4-6-9-18/h4-12H,13-16H2,1-3H3,(H,27,30). The van der Waals surface area contributed by atoms with Gasteiger partial charge in [0.2, 0.25) is 5.88 Å². The topological polar surface area (TPSA) is 82.6 Å². The van der Waals surface area contributed by atoms with Crippen LogP contribution in [0, 0.1) is 6.92 Å². The number of benzene rings is 2. The number of methoxy groups -OCH3 is 2. The third kappa shape index (κ3) is 5.59. The maximum Gasteiger partial charge on any atom is 0.261 e. The first-order valence-corrected chi connectivity index (χ1v) is 11.7. The Balaban J connectivity index is 1.41. The number of amides is 1. The minimum Gasteiger partial charge on any atom is -0.480 e. The normalized spacial score (nSPS) is 11.0. The lowest BCUT2D eigenvalue weighted by atomic mass is 10.1. The highest BCUT2D eigenvalue weighted by Crippen LogP contribution is 2.35. The second-order valence-corrected chi connectivity index (χ2v) is 8.80. The molecule has 0 saturated heterocycles. The third-order valence-corrected chi connectivity index (χ3v) is 6.49. The zero-order valence-corrected chi connectivity index (χ0v) is 20.3. The highest BCUT2D eigenvalue weighted by atomic mass is 32.1. The van der Waals surface area contributed by atoms with Crippen LogP contribution in [0.2, 0.25) is 0 Å². The average molecular weight is 478 g/mol. The second kappa shape index (κ2) is 11.2. The van der Waals surface area contributed by atoms with E-state index in [-0.39, 0.29) is 12.5 Å². The highest BCUT2D eigenvalue weighted by Gasteiger charge is 2.21. The van der Waals surface area contributed by atoms with Crippen LogP contribution in [0.1, 0.15) is 37.7 Å². The van der Waals surface area contributed by atoms with Gasteiger partial charge in [0.05, 0.1) is 30.6 Å². The predicted octanol–water partition coefficient (Wildman–Crippen LogP) is 4.80. The first-order valence-electron chi connectivity index (χ1n) is 10.9. The molecule has 0 aliphatic rings. The van der Waals surface area contributed by atoms with Crippen LogP contribution < -0.4 is 10.1 Å². The fourth-order valence-electron chi connectivity index (χ4n) is 3.66. The van der Waals surface area contributed by atoms with Crippen molar-refractivity contribution in [3.05, 3.63) is 87.6 Å². The summed E-state index contributed by atoms with van der Waals surface area (Å²) in [7, 11) is 3.15. The second-order valence-electron chi connectivity index (χ2n) is 7.80. The maximum atomic E-state index is 13.0. The number of aromatic nitrogens is 2. The van der Waals surface area contributed by atoms with Gasteiger partial charge in [-0.25, -0.2) is 4.98 Å². The van der Waals surface area contributed by atoms with E-state index in [1.807, 2.05) is 55.5 Å². The summed E-state index contributed by atoms with van der Waals surface area (Å²) in [5.41, 5.74) is 4.01. The van der Waals surface area contributed by atoms with Crippen LogP contribution in [0.5, 0.6) is 5.88 Å². The molecule has 4 rings (SSSR count). The lowest BCUT2D eigenvalue weighted by molar-refractivity contribution is 0.0954. The van der Waals surface area contributed by atoms with Crippen molar-refractivity contribution in [2.45, 2.75) is 33.3 Å². The molecule has 0 bridgehead atoms. The molecule has 34 heavy (non-hydrogen) atoms. The Hall–Kier alpha value is -3.33. The molecule has 2 heterocycles. The Morgan fingerprint density at radius 2 is 1.68 bits per heavy atom. The number of nitrogens with one attached hydrogen (secondary N) is 1. The SMILES string of the molecule is COCc1nc(OC)c2c(C)c(C(=O)NCc3cccc(COCc4ccccc4)c3)sc2n1. The van der Waals surface area contributed by atoms with Crippen molar-refractivity contribution >= 4 is 27.5 Å². The largest absolute Gasteiger partial charge is 0.480 e. The number of thiophene rings is 1. The van der Waals surface area contributed by atoms with Crippen molar-refractivity contribution in [3.63, 3.8) is 0 Å². The van der Waals surface area contributed by atoms with Gasteiger partial charge in [-0.2, -0.15) is 4.98 Å². The van der Waals surface area contributed by atoms with E-state index in [1.54, 1.807) is 14.2 Å². The summed E-state index contributed by atoms with van der Waals surface area (Å²) >= 11 is 1.33. The van der Waals surface area contributed by atoms with Crippen molar-refractivity contribution in [2.75, 3.05) is 14.2 Å². The van der Waals surface area contributed by atoms with E-state index in [4.69, 9.17) is 14.2 Å². The van der Waals surface area contributed by atoms with Crippen LogP contribution in [0.4, 0.5) is 0 Å². The maximum absolute atomic E-state index is 13.0. The number of hydrogen-bond donors (Lipinski definition) is 1. The molecule has 2 aromatic carbocycles. The number of hydrogen-bond acceptors (Lipinski definition) is 7. The van der Waals surface area contributed by atoms with Gasteiger partial charge in [0.1, 0.15) is 11.4 Å². The quantitative estimate of drug-likeness (QED) is 0.353. The van der Waals surface area contributed by atoms with E-state index in [1.165, 1.54) is 11.3 Å². The van der Waals surface area contributed by atoms with Crippen LogP contribution in [0.15, 0.2) is 54.6 Å². The zero-order chi connectivity index (χ0) is 23.9. The summed E-state index contributed by atoms with van der Waals surface area (Å²) < 4.78 is 16.4. The summed E-state index contributed by atoms with van der Waals surface area (Å²) in [4.78, 5) is 23.2. The highest BCUT2D eigenvalue weighted by molar-refractivity contribution is 7.20. The van der Waals surface area contributed by atoms with Gasteiger partial charge in [0.15, 0.2) is 5.82 Å². The number of carbonyl (C=O) groups excluding carboxylic acids is 1. The molecule has 0 radical (unpaired) electrons. The minimum atomic E-state index is -0.151. The lowest BCUT2D eigenvalue weighted by Crippen LogP contribution is -2.22. The summed E-state index contributed by atoms with van der Waals surface area (Å²) in [5, 5.41) is 3.78. The molecule has 1 amide bonds. The Labute approximate surface area is 202 Å². The number of fused-ring (bicyclic) bond motifs is 1. The van der Waals surface area contributed by atoms with Gasteiger partial charge in [-0.05, 0) is 29.2 Å². The Morgan fingerprint density at radius 1 is 0.941 bits per heavy atom. The van der Waals surface area contributed by atoms with Gasteiger partial charge in [-0.1, -0.05) is 54.6 Å². The van der Waals surface area contributed by atoms with Crippen LogP contribution in [-0.2, 0) is 35.8 Å². The third-order valence-electron chi connectivity index (χ3n) is 5.30. The van der Waals surface area contributed by atoms with Crippen LogP contribution in [-0.4, -0.2) is 30.1 Å². The van der Waals surface area contributed by atoms with Crippen LogP contribution >= 0.6 is 11.3 Å². The van der Waals surface area contributed by atoms with E-state index in [0.717, 1.165) is 27.6 Å². The number of ether oxygens (including phenoxy) is 3.